The van der Waals surface area contributed by atoms with Gasteiger partial charge in [0.05, 0.1) is 28.9 Å². The van der Waals surface area contributed by atoms with E-state index in [1.807, 2.05) is 47.0 Å². The normalized spacial score (nSPS) is 11.2. The molecular formula is C15H12ClN5O. The number of aromatic nitrogens is 4. The average Bonchev–Trinajstić information content (AvgIpc) is 3.05. The van der Waals surface area contributed by atoms with Gasteiger partial charge in [0.15, 0.2) is 0 Å². The van der Waals surface area contributed by atoms with Crippen LogP contribution in [0.1, 0.15) is 0 Å². The fraction of sp³-hybridized carbons (Fsp3) is 0.0667. The maximum Gasteiger partial charge on any atom is 0.253 e. The zero-order chi connectivity index (χ0) is 15.1. The van der Waals surface area contributed by atoms with Crippen LogP contribution in [0.3, 0.4) is 0 Å². The molecule has 0 amide bonds. The molecule has 0 saturated carbocycles. The lowest BCUT2D eigenvalue weighted by Gasteiger charge is -2.04. The molecule has 0 fully saturated rings. The van der Waals surface area contributed by atoms with E-state index in [2.05, 4.69) is 20.4 Å². The lowest BCUT2D eigenvalue weighted by atomic mass is 10.3. The molecule has 6 nitrogen and oxygen atoms in total. The first-order chi connectivity index (χ1) is 10.7. The Morgan fingerprint density at radius 1 is 1.18 bits per heavy atom. The summed E-state index contributed by atoms with van der Waals surface area (Å²) in [5.74, 6) is 1.92. The predicted octanol–water partition coefficient (Wildman–Crippen LogP) is 3.62. The molecule has 4 aromatic rings. The van der Waals surface area contributed by atoms with Gasteiger partial charge in [-0.15, -0.1) is 0 Å². The molecular weight excluding hydrogens is 302 g/mol. The molecule has 0 unspecified atom stereocenters. The SMILES string of the molecule is COc1ccc2c(c1)nc1nc(Nc3ccccc3Cl)[nH]n12. The number of halogens is 1. The van der Waals surface area contributed by atoms with Crippen molar-refractivity contribution in [2.45, 2.75) is 0 Å². The fourth-order valence-corrected chi connectivity index (χ4v) is 2.52. The minimum Gasteiger partial charge on any atom is -0.497 e. The second kappa shape index (κ2) is 4.92. The van der Waals surface area contributed by atoms with Gasteiger partial charge in [0, 0.05) is 6.07 Å². The molecule has 110 valence electrons. The fourth-order valence-electron chi connectivity index (χ4n) is 2.34. The number of ether oxygens (including phenoxy) is 1. The van der Waals surface area contributed by atoms with Crippen LogP contribution >= 0.6 is 11.6 Å². The van der Waals surface area contributed by atoms with E-state index in [-0.39, 0.29) is 0 Å². The summed E-state index contributed by atoms with van der Waals surface area (Å²) >= 11 is 6.13. The maximum absolute atomic E-state index is 6.13. The molecule has 2 N–H and O–H groups in total. The van der Waals surface area contributed by atoms with Crippen LogP contribution in [0.5, 0.6) is 5.75 Å². The Balaban J connectivity index is 1.77. The van der Waals surface area contributed by atoms with Gasteiger partial charge in [-0.3, -0.25) is 5.10 Å². The molecule has 2 heterocycles. The number of imidazole rings is 1. The molecule has 4 rings (SSSR count). The molecule has 2 aromatic carbocycles. The molecule has 0 radical (unpaired) electrons. The summed E-state index contributed by atoms with van der Waals surface area (Å²) in [6.07, 6.45) is 0. The van der Waals surface area contributed by atoms with E-state index in [0.717, 1.165) is 22.5 Å². The number of anilines is 2. The second-order valence-corrected chi connectivity index (χ2v) is 5.19. The summed E-state index contributed by atoms with van der Waals surface area (Å²) in [7, 11) is 1.63. The molecule has 0 aliphatic carbocycles. The van der Waals surface area contributed by atoms with Crippen molar-refractivity contribution in [1.29, 1.82) is 0 Å². The molecule has 0 saturated heterocycles. The summed E-state index contributed by atoms with van der Waals surface area (Å²) in [5.41, 5.74) is 2.53. The highest BCUT2D eigenvalue weighted by atomic mass is 35.5. The lowest BCUT2D eigenvalue weighted by molar-refractivity contribution is 0.415. The number of aromatic amines is 1. The summed E-state index contributed by atoms with van der Waals surface area (Å²) < 4.78 is 7.02. The third-order valence-corrected chi connectivity index (χ3v) is 3.73. The van der Waals surface area contributed by atoms with Gasteiger partial charge in [0.2, 0.25) is 5.95 Å². The molecule has 22 heavy (non-hydrogen) atoms. The molecule has 2 aromatic heterocycles. The monoisotopic (exact) mass is 313 g/mol. The Bertz CT molecular complexity index is 975. The van der Waals surface area contributed by atoms with Gasteiger partial charge in [-0.25, -0.2) is 9.50 Å². The highest BCUT2D eigenvalue weighted by Gasteiger charge is 2.11. The minimum atomic E-state index is 0.577. The maximum atomic E-state index is 6.13. The topological polar surface area (TPSA) is 67.2 Å². The zero-order valence-electron chi connectivity index (χ0n) is 11.7. The number of para-hydroxylation sites is 1. The van der Waals surface area contributed by atoms with Gasteiger partial charge in [-0.05, 0) is 24.3 Å². The third-order valence-electron chi connectivity index (χ3n) is 3.40. The summed E-state index contributed by atoms with van der Waals surface area (Å²) in [4.78, 5) is 8.90. The van der Waals surface area contributed by atoms with Crippen LogP contribution < -0.4 is 10.1 Å². The third kappa shape index (κ3) is 2.05. The number of H-pyrrole nitrogens is 1. The molecule has 0 aliphatic rings. The molecule has 0 spiro atoms. The van der Waals surface area contributed by atoms with E-state index in [9.17, 15) is 0 Å². The number of rotatable bonds is 3. The molecule has 0 atom stereocenters. The standard InChI is InChI=1S/C15H12ClN5O/c1-22-9-6-7-13-12(8-9)18-15-19-14(20-21(13)15)17-11-5-3-2-4-10(11)16/h2-8H,1H3,(H2,17,18,19,20). The Labute approximate surface area is 130 Å². The number of hydrogen-bond acceptors (Lipinski definition) is 4. The smallest absolute Gasteiger partial charge is 0.253 e. The van der Waals surface area contributed by atoms with Gasteiger partial charge < -0.3 is 10.1 Å². The van der Waals surface area contributed by atoms with Crippen LogP contribution in [0.25, 0.3) is 16.8 Å². The summed E-state index contributed by atoms with van der Waals surface area (Å²) in [6.45, 7) is 0. The highest BCUT2D eigenvalue weighted by molar-refractivity contribution is 6.33. The van der Waals surface area contributed by atoms with E-state index in [1.165, 1.54) is 0 Å². The van der Waals surface area contributed by atoms with Crippen molar-refractivity contribution in [2.24, 2.45) is 0 Å². The van der Waals surface area contributed by atoms with Gasteiger partial charge in [0.1, 0.15) is 5.75 Å². The summed E-state index contributed by atoms with van der Waals surface area (Å²) in [6, 6.07) is 13.2. The molecule has 0 bridgehead atoms. The second-order valence-electron chi connectivity index (χ2n) is 4.78. The van der Waals surface area contributed by atoms with Crippen molar-refractivity contribution in [3.63, 3.8) is 0 Å². The van der Waals surface area contributed by atoms with Gasteiger partial charge in [0.25, 0.3) is 5.78 Å². The van der Waals surface area contributed by atoms with Crippen molar-refractivity contribution in [3.05, 3.63) is 47.5 Å². The van der Waals surface area contributed by atoms with Crippen molar-refractivity contribution in [1.82, 2.24) is 19.6 Å². The number of fused-ring (bicyclic) bond motifs is 3. The van der Waals surface area contributed by atoms with E-state index >= 15 is 0 Å². The van der Waals surface area contributed by atoms with Crippen molar-refractivity contribution in [2.75, 3.05) is 12.4 Å². The van der Waals surface area contributed by atoms with E-state index in [0.29, 0.717) is 16.7 Å². The van der Waals surface area contributed by atoms with Crippen molar-refractivity contribution >= 4 is 40.0 Å². The molecule has 0 aliphatic heterocycles. The minimum absolute atomic E-state index is 0.577. The number of hydrogen-bond donors (Lipinski definition) is 2. The Morgan fingerprint density at radius 3 is 2.86 bits per heavy atom. The predicted molar refractivity (Wildman–Crippen MR) is 86.1 cm³/mol. The van der Waals surface area contributed by atoms with E-state index in [1.54, 1.807) is 7.11 Å². The van der Waals surface area contributed by atoms with E-state index < -0.39 is 0 Å². The number of nitrogens with zero attached hydrogens (tertiary/aromatic N) is 3. The van der Waals surface area contributed by atoms with Crippen LogP contribution in [0.2, 0.25) is 5.02 Å². The Hall–Kier alpha value is -2.73. The zero-order valence-corrected chi connectivity index (χ0v) is 12.4. The number of nitrogens with one attached hydrogen (secondary N) is 2. The number of benzene rings is 2. The van der Waals surface area contributed by atoms with Crippen LogP contribution in [0.4, 0.5) is 11.6 Å². The van der Waals surface area contributed by atoms with Gasteiger partial charge in [-0.1, -0.05) is 23.7 Å². The largest absolute Gasteiger partial charge is 0.497 e. The number of methoxy groups -OCH3 is 1. The first-order valence-corrected chi connectivity index (χ1v) is 7.06. The summed E-state index contributed by atoms with van der Waals surface area (Å²) in [5, 5.41) is 6.95. The van der Waals surface area contributed by atoms with Crippen molar-refractivity contribution < 1.29 is 4.74 Å². The van der Waals surface area contributed by atoms with Crippen LogP contribution in [-0.2, 0) is 0 Å². The van der Waals surface area contributed by atoms with E-state index in [4.69, 9.17) is 16.3 Å². The van der Waals surface area contributed by atoms with Crippen LogP contribution in [0.15, 0.2) is 42.5 Å². The first kappa shape index (κ1) is 13.0. The van der Waals surface area contributed by atoms with Gasteiger partial charge in [-0.2, -0.15) is 4.98 Å². The van der Waals surface area contributed by atoms with Gasteiger partial charge >= 0.3 is 0 Å². The van der Waals surface area contributed by atoms with Crippen molar-refractivity contribution in [3.8, 4) is 5.75 Å². The van der Waals surface area contributed by atoms with Crippen LogP contribution in [-0.4, -0.2) is 26.7 Å². The van der Waals surface area contributed by atoms with Crippen LogP contribution in [0, 0.1) is 0 Å². The Morgan fingerprint density at radius 2 is 2.05 bits per heavy atom. The first-order valence-electron chi connectivity index (χ1n) is 6.68. The average molecular weight is 314 g/mol. The lowest BCUT2D eigenvalue weighted by Crippen LogP contribution is -1.94. The Kier molecular flexibility index (Phi) is 2.90. The highest BCUT2D eigenvalue weighted by Crippen LogP contribution is 2.25. The quantitative estimate of drug-likeness (QED) is 0.606. The molecule has 7 heteroatoms.